The topological polar surface area (TPSA) is 6.25 Å². The third-order valence-electron chi connectivity index (χ3n) is 4.50. The van der Waals surface area contributed by atoms with E-state index in [0.717, 1.165) is 12.6 Å². The van der Waals surface area contributed by atoms with Crippen molar-refractivity contribution in [2.24, 2.45) is 0 Å². The van der Waals surface area contributed by atoms with Crippen molar-refractivity contribution in [3.05, 3.63) is 29.8 Å². The van der Waals surface area contributed by atoms with Crippen molar-refractivity contribution in [2.45, 2.75) is 64.6 Å². The number of halogens is 1. The van der Waals surface area contributed by atoms with Gasteiger partial charge in [-0.2, -0.15) is 0 Å². The highest BCUT2D eigenvalue weighted by Gasteiger charge is 2.29. The fourth-order valence-corrected chi connectivity index (χ4v) is 3.40. The Morgan fingerprint density at radius 1 is 1.10 bits per heavy atom. The van der Waals surface area contributed by atoms with Crippen LogP contribution in [0.4, 0.5) is 5.69 Å². The first-order valence-electron chi connectivity index (χ1n) is 7.72. The van der Waals surface area contributed by atoms with Crippen molar-refractivity contribution in [1.29, 1.82) is 0 Å². The van der Waals surface area contributed by atoms with E-state index in [2.05, 4.69) is 53.9 Å². The minimum absolute atomic E-state index is 0. The first-order chi connectivity index (χ1) is 9.25. The maximum atomic E-state index is 2.58. The Labute approximate surface area is 139 Å². The molecule has 0 amide bonds. The van der Waals surface area contributed by atoms with Gasteiger partial charge < -0.3 is 24.0 Å². The summed E-state index contributed by atoms with van der Waals surface area (Å²) < 4.78 is 2.58. The number of benzene rings is 1. The molecule has 1 fully saturated rings. The number of nitrogens with zero attached hydrogens (tertiary/aromatic N) is 2. The van der Waals surface area contributed by atoms with E-state index in [-0.39, 0.29) is 24.0 Å². The van der Waals surface area contributed by atoms with Crippen molar-refractivity contribution < 1.29 is 28.6 Å². The van der Waals surface area contributed by atoms with Gasteiger partial charge in [0.15, 0.2) is 0 Å². The Morgan fingerprint density at radius 3 is 2.50 bits per heavy atom. The van der Waals surface area contributed by atoms with Crippen LogP contribution in [0.3, 0.4) is 0 Å². The van der Waals surface area contributed by atoms with E-state index >= 15 is 0 Å². The maximum absolute atomic E-state index is 2.58. The van der Waals surface area contributed by atoms with E-state index in [1.165, 1.54) is 43.4 Å². The molecule has 1 saturated carbocycles. The van der Waals surface area contributed by atoms with Crippen LogP contribution < -0.4 is 28.9 Å². The van der Waals surface area contributed by atoms with Crippen molar-refractivity contribution in [3.63, 3.8) is 0 Å². The molecule has 2 nitrogen and oxygen atoms in total. The molecule has 0 unspecified atom stereocenters. The lowest BCUT2D eigenvalue weighted by atomic mass is 9.94. The molecule has 1 heterocycles. The van der Waals surface area contributed by atoms with Gasteiger partial charge in [0, 0.05) is 5.56 Å². The molecule has 2 aliphatic rings. The number of para-hydroxylation sites is 1. The van der Waals surface area contributed by atoms with Crippen molar-refractivity contribution in [2.75, 3.05) is 4.90 Å². The summed E-state index contributed by atoms with van der Waals surface area (Å²) in [5, 5.41) is 0. The highest BCUT2D eigenvalue weighted by molar-refractivity contribution is 5.79. The van der Waals surface area contributed by atoms with Crippen LogP contribution >= 0.6 is 0 Å². The van der Waals surface area contributed by atoms with Gasteiger partial charge in [-0.05, 0) is 45.6 Å². The van der Waals surface area contributed by atoms with Crippen LogP contribution in [-0.2, 0) is 6.54 Å². The normalized spacial score (nSPS) is 19.4. The van der Waals surface area contributed by atoms with Crippen LogP contribution in [0.5, 0.6) is 0 Å². The number of fused-ring (bicyclic) bond motifs is 1. The summed E-state index contributed by atoms with van der Waals surface area (Å²) in [6, 6.07) is 10.1. The summed E-state index contributed by atoms with van der Waals surface area (Å²) in [6.07, 6.45) is 9.34. The Kier molecular flexibility index (Phi) is 5.47. The zero-order valence-corrected chi connectivity index (χ0v) is 14.7. The van der Waals surface area contributed by atoms with E-state index in [1.807, 2.05) is 0 Å². The predicted molar refractivity (Wildman–Crippen MR) is 81.0 cm³/mol. The van der Waals surface area contributed by atoms with Crippen molar-refractivity contribution in [1.82, 2.24) is 0 Å². The van der Waals surface area contributed by atoms with Gasteiger partial charge >= 0.3 is 0 Å². The molecule has 0 atom stereocenters. The zero-order chi connectivity index (χ0) is 13.2. The SMILES string of the molecule is CC(C)N1C=[N+](C2CCCCC2)Cc2ccccc21.[I-]. The minimum atomic E-state index is 0. The smallest absolute Gasteiger partial charge is 0.240 e. The lowest BCUT2D eigenvalue weighted by molar-refractivity contribution is -0.582. The molecule has 0 radical (unpaired) electrons. The minimum Gasteiger partial charge on any atom is -1.00 e. The number of anilines is 1. The highest BCUT2D eigenvalue weighted by Crippen LogP contribution is 2.28. The molecule has 3 heteroatoms. The van der Waals surface area contributed by atoms with E-state index in [1.54, 1.807) is 0 Å². The van der Waals surface area contributed by atoms with E-state index < -0.39 is 0 Å². The summed E-state index contributed by atoms with van der Waals surface area (Å²) in [7, 11) is 0. The fraction of sp³-hybridized carbons (Fsp3) is 0.588. The van der Waals surface area contributed by atoms with Gasteiger partial charge in [0.25, 0.3) is 0 Å². The van der Waals surface area contributed by atoms with Gasteiger partial charge in [-0.1, -0.05) is 24.6 Å². The van der Waals surface area contributed by atoms with Gasteiger partial charge in [-0.15, -0.1) is 0 Å². The number of hydrogen-bond acceptors (Lipinski definition) is 1. The average molecular weight is 384 g/mol. The summed E-state index contributed by atoms with van der Waals surface area (Å²) in [5.41, 5.74) is 2.87. The van der Waals surface area contributed by atoms with Crippen molar-refractivity contribution in [3.8, 4) is 0 Å². The lowest BCUT2D eigenvalue weighted by Crippen LogP contribution is -3.00. The molecular weight excluding hydrogens is 359 g/mol. The molecule has 1 aliphatic heterocycles. The molecule has 1 aromatic rings. The largest absolute Gasteiger partial charge is 1.00 e. The van der Waals surface area contributed by atoms with Gasteiger partial charge in [0.2, 0.25) is 6.34 Å². The number of rotatable bonds is 2. The molecule has 110 valence electrons. The van der Waals surface area contributed by atoms with Crippen LogP contribution in [-0.4, -0.2) is 23.0 Å². The van der Waals surface area contributed by atoms with Gasteiger partial charge in [0.1, 0.15) is 12.2 Å². The molecule has 1 aromatic carbocycles. The van der Waals surface area contributed by atoms with E-state index in [4.69, 9.17) is 0 Å². The zero-order valence-electron chi connectivity index (χ0n) is 12.6. The Hall–Kier alpha value is -0.580. The van der Waals surface area contributed by atoms with Crippen LogP contribution in [0.25, 0.3) is 0 Å². The molecule has 0 aromatic heterocycles. The van der Waals surface area contributed by atoms with Crippen molar-refractivity contribution >= 4 is 12.0 Å². The third kappa shape index (κ3) is 3.18. The summed E-state index contributed by atoms with van der Waals surface area (Å²) in [6.45, 7) is 5.64. The average Bonchev–Trinajstić information content (AvgIpc) is 2.47. The first-order valence-corrected chi connectivity index (χ1v) is 7.72. The summed E-state index contributed by atoms with van der Waals surface area (Å²) in [4.78, 5) is 2.44. The van der Waals surface area contributed by atoms with E-state index in [0.29, 0.717) is 6.04 Å². The Bertz CT molecular complexity index is 476. The van der Waals surface area contributed by atoms with Crippen LogP contribution in [0.2, 0.25) is 0 Å². The summed E-state index contributed by atoms with van der Waals surface area (Å²) in [5.74, 6) is 0. The second-order valence-corrected chi connectivity index (χ2v) is 6.21. The van der Waals surface area contributed by atoms with Crippen LogP contribution in [0, 0.1) is 0 Å². The molecule has 0 N–H and O–H groups in total. The predicted octanol–water partition coefficient (Wildman–Crippen LogP) is 0.793. The molecular formula is C17H25IN2. The number of hydrogen-bond donors (Lipinski definition) is 0. The van der Waals surface area contributed by atoms with Crippen LogP contribution in [0.1, 0.15) is 51.5 Å². The quantitative estimate of drug-likeness (QED) is 0.540. The van der Waals surface area contributed by atoms with Crippen LogP contribution in [0.15, 0.2) is 24.3 Å². The second-order valence-electron chi connectivity index (χ2n) is 6.21. The maximum Gasteiger partial charge on any atom is 0.240 e. The first kappa shape index (κ1) is 15.8. The Balaban J connectivity index is 0.00000147. The highest BCUT2D eigenvalue weighted by atomic mass is 127. The molecule has 0 bridgehead atoms. The fourth-order valence-electron chi connectivity index (χ4n) is 3.40. The molecule has 0 spiro atoms. The Morgan fingerprint density at radius 2 is 1.80 bits per heavy atom. The second kappa shape index (κ2) is 6.92. The molecule has 1 aliphatic carbocycles. The van der Waals surface area contributed by atoms with Gasteiger partial charge in [-0.3, -0.25) is 4.58 Å². The standard InChI is InChI=1S/C17H25N2.HI/c1-14(2)19-13-18(16-9-4-3-5-10-16)12-15-8-6-7-11-17(15)19;/h6-8,11,13-14,16H,3-5,9-10,12H2,1-2H3;1H/q+1;/p-1. The summed E-state index contributed by atoms with van der Waals surface area (Å²) >= 11 is 0. The van der Waals surface area contributed by atoms with Gasteiger partial charge in [-0.25, -0.2) is 4.90 Å². The molecule has 3 rings (SSSR count). The third-order valence-corrected chi connectivity index (χ3v) is 4.50. The monoisotopic (exact) mass is 384 g/mol. The van der Waals surface area contributed by atoms with E-state index in [9.17, 15) is 0 Å². The molecule has 0 saturated heterocycles. The van der Waals surface area contributed by atoms with Gasteiger partial charge in [0.05, 0.1) is 12.1 Å². The lowest BCUT2D eigenvalue weighted by Gasteiger charge is -2.30. The molecule has 20 heavy (non-hydrogen) atoms.